The van der Waals surface area contributed by atoms with Crippen molar-refractivity contribution in [2.75, 3.05) is 19.6 Å². The van der Waals surface area contributed by atoms with Crippen molar-refractivity contribution in [3.8, 4) is 12.3 Å². The molecule has 0 spiro atoms. The van der Waals surface area contributed by atoms with Crippen LogP contribution >= 0.6 is 11.3 Å². The van der Waals surface area contributed by atoms with Crippen molar-refractivity contribution in [3.05, 3.63) is 29.0 Å². The highest BCUT2D eigenvalue weighted by atomic mass is 32.2. The Kier molecular flexibility index (Phi) is 13.4. The fraction of sp³-hybridized carbons (Fsp3) is 0.649. The smallest absolute Gasteiger partial charge is 0.315 e. The number of thiophene rings is 1. The zero-order valence-corrected chi connectivity index (χ0v) is 32.6. The number of hydrogen-bond acceptors (Lipinski definition) is 8. The average Bonchev–Trinajstić information content (AvgIpc) is 3.80. The molecule has 2 unspecified atom stereocenters. The van der Waals surface area contributed by atoms with Crippen LogP contribution in [-0.2, 0) is 35.7 Å². The molecule has 1 aliphatic carbocycles. The molecule has 3 heterocycles. The number of sulfonamides is 1. The molecular weight excluding hydrogens is 705 g/mol. The maximum Gasteiger partial charge on any atom is 0.315 e. The largest absolute Gasteiger partial charge is 0.346 e. The minimum atomic E-state index is -3.69. The fourth-order valence-corrected chi connectivity index (χ4v) is 10.6. The van der Waals surface area contributed by atoms with Gasteiger partial charge in [0, 0.05) is 37.5 Å². The number of nitrogens with zero attached hydrogens (tertiary/aromatic N) is 2. The third-order valence-corrected chi connectivity index (χ3v) is 13.3. The highest BCUT2D eigenvalue weighted by Gasteiger charge is 2.49. The van der Waals surface area contributed by atoms with Crippen molar-refractivity contribution in [1.29, 1.82) is 0 Å². The maximum absolute atomic E-state index is 14.5. The van der Waals surface area contributed by atoms with Crippen LogP contribution in [0.5, 0.6) is 0 Å². The summed E-state index contributed by atoms with van der Waals surface area (Å²) >= 11 is 1.40. The summed E-state index contributed by atoms with van der Waals surface area (Å²) in [7, 11) is -3.69. The van der Waals surface area contributed by atoms with Gasteiger partial charge in [0.2, 0.25) is 27.6 Å². The Balaban J connectivity index is 1.55. The summed E-state index contributed by atoms with van der Waals surface area (Å²) in [5, 5.41) is 13.0. The molecule has 0 aromatic carbocycles. The predicted octanol–water partition coefficient (Wildman–Crippen LogP) is 3.31. The lowest BCUT2D eigenvalue weighted by Gasteiger charge is -2.41. The first-order valence-corrected chi connectivity index (χ1v) is 20.4. The van der Waals surface area contributed by atoms with Crippen LogP contribution in [0.15, 0.2) is 29.0 Å². The highest BCUT2D eigenvalue weighted by molar-refractivity contribution is 7.89. The van der Waals surface area contributed by atoms with Gasteiger partial charge in [-0.1, -0.05) is 60.0 Å². The Morgan fingerprint density at radius 3 is 2.42 bits per heavy atom. The first-order valence-electron chi connectivity index (χ1n) is 18.1. The van der Waals surface area contributed by atoms with E-state index in [-0.39, 0.29) is 50.9 Å². The lowest BCUT2D eigenvalue weighted by Crippen LogP contribution is -2.64. The Labute approximate surface area is 312 Å². The lowest BCUT2D eigenvalue weighted by molar-refractivity contribution is -0.144. The van der Waals surface area contributed by atoms with Crippen LogP contribution in [0.2, 0.25) is 0 Å². The van der Waals surface area contributed by atoms with Crippen LogP contribution in [0.25, 0.3) is 0 Å². The van der Waals surface area contributed by atoms with Crippen molar-refractivity contribution in [3.63, 3.8) is 0 Å². The van der Waals surface area contributed by atoms with E-state index >= 15 is 0 Å². The van der Waals surface area contributed by atoms with Crippen molar-refractivity contribution in [1.82, 2.24) is 30.5 Å². The van der Waals surface area contributed by atoms with Gasteiger partial charge in [0.1, 0.15) is 12.1 Å². The minimum absolute atomic E-state index is 0.00794. The molecule has 2 aliphatic heterocycles. The van der Waals surface area contributed by atoms with Crippen LogP contribution in [0.1, 0.15) is 90.9 Å². The van der Waals surface area contributed by atoms with E-state index in [0.717, 1.165) is 24.1 Å². The summed E-state index contributed by atoms with van der Waals surface area (Å²) in [4.78, 5) is 70.7. The van der Waals surface area contributed by atoms with E-state index in [1.54, 1.807) is 11.4 Å². The van der Waals surface area contributed by atoms with Gasteiger partial charge < -0.3 is 26.2 Å². The SMILES string of the molecule is C#CCCC(NC(=O)[C@@H]1C(C(C)C)CCN1C(=O)[C@@H](NC(=O)NC1(CN2Cc3sccc3S2(=O)=O)CCCCC1)C(C)(C)C)C(=O)C(=O)NCC=C. The van der Waals surface area contributed by atoms with Crippen molar-refractivity contribution in [2.24, 2.45) is 17.3 Å². The van der Waals surface area contributed by atoms with Gasteiger partial charge in [-0.05, 0) is 54.4 Å². The number of hydrogen-bond donors (Lipinski definition) is 4. The molecule has 1 aromatic rings. The number of rotatable bonds is 14. The van der Waals surface area contributed by atoms with E-state index in [0.29, 0.717) is 24.2 Å². The van der Waals surface area contributed by atoms with E-state index in [4.69, 9.17) is 6.42 Å². The highest BCUT2D eigenvalue weighted by Crippen LogP contribution is 2.38. The Hall–Kier alpha value is -3.74. The van der Waals surface area contributed by atoms with Crippen LogP contribution in [0, 0.1) is 29.6 Å². The molecule has 286 valence electrons. The Bertz CT molecular complexity index is 1670. The summed E-state index contributed by atoms with van der Waals surface area (Å²) in [5.41, 5.74) is -1.61. The summed E-state index contributed by atoms with van der Waals surface area (Å²) in [5.74, 6) is -0.567. The van der Waals surface area contributed by atoms with Crippen molar-refractivity contribution < 1.29 is 32.4 Å². The van der Waals surface area contributed by atoms with Gasteiger partial charge in [-0.2, -0.15) is 4.31 Å². The lowest BCUT2D eigenvalue weighted by atomic mass is 9.81. The van der Waals surface area contributed by atoms with Gasteiger partial charge in [0.05, 0.1) is 16.5 Å². The molecule has 1 saturated heterocycles. The maximum atomic E-state index is 14.5. The number of nitrogens with one attached hydrogen (secondary N) is 4. The predicted molar refractivity (Wildman–Crippen MR) is 199 cm³/mol. The summed E-state index contributed by atoms with van der Waals surface area (Å²) in [6.07, 6.45) is 11.4. The topological polar surface area (TPSA) is 174 Å². The first kappa shape index (κ1) is 41.0. The van der Waals surface area contributed by atoms with Gasteiger partial charge in [-0.15, -0.1) is 30.3 Å². The number of carbonyl (C=O) groups is 5. The van der Waals surface area contributed by atoms with E-state index < -0.39 is 68.6 Å². The van der Waals surface area contributed by atoms with Crippen molar-refractivity contribution >= 4 is 50.9 Å². The third kappa shape index (κ3) is 9.24. The number of ketones is 1. The molecule has 15 heteroatoms. The third-order valence-electron chi connectivity index (χ3n) is 10.4. The fourth-order valence-electron chi connectivity index (χ4n) is 7.57. The van der Waals surface area contributed by atoms with Crippen LogP contribution in [-0.4, -0.2) is 90.5 Å². The molecule has 5 amide bonds. The molecule has 4 N–H and O–H groups in total. The number of Topliss-reactive ketones (excluding diaryl/α,β-unsaturated/α-hetero) is 1. The normalized spacial score (nSPS) is 22.1. The van der Waals surface area contributed by atoms with Crippen LogP contribution in [0.4, 0.5) is 4.79 Å². The number of fused-ring (bicyclic) bond motifs is 1. The zero-order valence-electron chi connectivity index (χ0n) is 31.0. The second-order valence-electron chi connectivity index (χ2n) is 15.6. The molecule has 1 aromatic heterocycles. The molecule has 4 rings (SSSR count). The van der Waals surface area contributed by atoms with E-state index in [1.807, 2.05) is 34.6 Å². The number of amides is 5. The molecule has 1 saturated carbocycles. The molecule has 2 fully saturated rings. The van der Waals surface area contributed by atoms with Gasteiger partial charge in [-0.25, -0.2) is 13.2 Å². The zero-order chi connectivity index (χ0) is 38.4. The van der Waals surface area contributed by atoms with E-state index in [9.17, 15) is 32.4 Å². The minimum Gasteiger partial charge on any atom is -0.346 e. The monoisotopic (exact) mass is 758 g/mol. The number of likely N-dealkylation sites (tertiary alicyclic amines) is 1. The first-order chi connectivity index (χ1) is 24.5. The van der Waals surface area contributed by atoms with Crippen LogP contribution in [0.3, 0.4) is 0 Å². The van der Waals surface area contributed by atoms with Gasteiger partial charge in [0.25, 0.3) is 5.91 Å². The second kappa shape index (κ2) is 16.9. The molecular formula is C37H54N6O7S2. The van der Waals surface area contributed by atoms with E-state index in [2.05, 4.69) is 33.8 Å². The van der Waals surface area contributed by atoms with Gasteiger partial charge in [0.15, 0.2) is 0 Å². The second-order valence-corrected chi connectivity index (χ2v) is 18.5. The molecule has 13 nitrogen and oxygen atoms in total. The quantitative estimate of drug-likeness (QED) is 0.128. The molecule has 0 radical (unpaired) electrons. The average molecular weight is 759 g/mol. The standard InChI is InChI=1S/C37H54N6O7S2/c1-8-10-14-26(30(44)33(46)38-19-9-2)39-32(45)29-25(24(3)4)15-20-43(29)34(47)31(36(5,6)7)40-35(48)41-37(17-12-11-13-18-37)23-42-22-27-28(16-21-51-27)52(42,49)50/h1,9,16,21,24-26,29,31H,2,10-15,17-20,22-23H2,3-7H3,(H,38,46)(H,39,45)(H2,40,41,48)/t25?,26?,29-,31+/m0/s1. The number of terminal acetylenes is 1. The molecule has 52 heavy (non-hydrogen) atoms. The Morgan fingerprint density at radius 1 is 1.13 bits per heavy atom. The van der Waals surface area contributed by atoms with Gasteiger partial charge >= 0.3 is 6.03 Å². The molecule has 0 bridgehead atoms. The summed E-state index contributed by atoms with van der Waals surface area (Å²) in [6.45, 7) is 13.6. The van der Waals surface area contributed by atoms with Crippen LogP contribution < -0.4 is 21.3 Å². The number of urea groups is 1. The Morgan fingerprint density at radius 2 is 1.83 bits per heavy atom. The summed E-state index contributed by atoms with van der Waals surface area (Å²) in [6, 6.07) is -2.19. The molecule has 3 aliphatic rings. The van der Waals surface area contributed by atoms with E-state index in [1.165, 1.54) is 26.6 Å². The summed E-state index contributed by atoms with van der Waals surface area (Å²) < 4.78 is 28.1. The van der Waals surface area contributed by atoms with Crippen molar-refractivity contribution in [2.45, 2.75) is 121 Å². The molecule has 4 atom stereocenters. The van der Waals surface area contributed by atoms with Gasteiger partial charge in [-0.3, -0.25) is 19.2 Å². The number of carbonyl (C=O) groups excluding carboxylic acids is 5.